The number of piperidine rings is 1. The van der Waals surface area contributed by atoms with Crippen LogP contribution in [0, 0.1) is 23.2 Å². The van der Waals surface area contributed by atoms with Gasteiger partial charge in [0.2, 0.25) is 0 Å². The van der Waals surface area contributed by atoms with Crippen LogP contribution in [0.3, 0.4) is 0 Å². The van der Waals surface area contributed by atoms with Gasteiger partial charge in [-0.15, -0.1) is 0 Å². The van der Waals surface area contributed by atoms with E-state index in [0.717, 1.165) is 29.2 Å². The first kappa shape index (κ1) is 16.8. The maximum absolute atomic E-state index is 2.78. The molecule has 0 aromatic heterocycles. The highest BCUT2D eigenvalue weighted by atomic mass is 15.2. The first-order valence-corrected chi connectivity index (χ1v) is 9.94. The van der Waals surface area contributed by atoms with Gasteiger partial charge in [-0.3, -0.25) is 4.90 Å². The van der Waals surface area contributed by atoms with Crippen molar-refractivity contribution in [3.8, 4) is 0 Å². The third kappa shape index (κ3) is 3.70. The molecule has 128 valence electrons. The topological polar surface area (TPSA) is 6.48 Å². The molecule has 2 nitrogen and oxygen atoms in total. The molecule has 3 aliphatic rings. The van der Waals surface area contributed by atoms with Gasteiger partial charge in [0.05, 0.1) is 0 Å². The molecule has 0 aromatic carbocycles. The Hall–Kier alpha value is -0.0800. The molecular formula is C20H38N2. The van der Waals surface area contributed by atoms with Crippen molar-refractivity contribution in [2.24, 2.45) is 23.2 Å². The number of rotatable bonds is 4. The van der Waals surface area contributed by atoms with E-state index in [9.17, 15) is 0 Å². The SMILES string of the molecule is CC(C)C1CCN(CC2CCC3(CC2)CN(C(C)C)C3)CC1. The zero-order valence-electron chi connectivity index (χ0n) is 15.5. The largest absolute Gasteiger partial charge is 0.303 e. The first-order chi connectivity index (χ1) is 10.5. The van der Waals surface area contributed by atoms with E-state index in [0.29, 0.717) is 0 Å². The van der Waals surface area contributed by atoms with Gasteiger partial charge >= 0.3 is 0 Å². The molecule has 0 atom stereocenters. The van der Waals surface area contributed by atoms with Gasteiger partial charge in [-0.05, 0) is 88.6 Å². The third-order valence-corrected chi connectivity index (χ3v) is 7.06. The monoisotopic (exact) mass is 306 g/mol. The molecule has 0 aromatic rings. The third-order valence-electron chi connectivity index (χ3n) is 7.06. The molecule has 3 rings (SSSR count). The van der Waals surface area contributed by atoms with Crippen molar-refractivity contribution < 1.29 is 0 Å². The first-order valence-electron chi connectivity index (χ1n) is 9.94. The second kappa shape index (κ2) is 6.81. The van der Waals surface area contributed by atoms with Crippen molar-refractivity contribution in [2.75, 3.05) is 32.7 Å². The minimum Gasteiger partial charge on any atom is -0.303 e. The highest BCUT2D eigenvalue weighted by molar-refractivity contribution is 4.99. The molecular weight excluding hydrogens is 268 g/mol. The lowest BCUT2D eigenvalue weighted by atomic mass is 9.65. The Kier molecular flexibility index (Phi) is 5.19. The van der Waals surface area contributed by atoms with Gasteiger partial charge in [0.25, 0.3) is 0 Å². The summed E-state index contributed by atoms with van der Waals surface area (Å²) < 4.78 is 0. The molecule has 0 unspecified atom stereocenters. The summed E-state index contributed by atoms with van der Waals surface area (Å²) in [7, 11) is 0. The van der Waals surface area contributed by atoms with Crippen molar-refractivity contribution in [3.63, 3.8) is 0 Å². The molecule has 3 fully saturated rings. The Balaban J connectivity index is 1.37. The lowest BCUT2D eigenvalue weighted by molar-refractivity contribution is -0.0581. The summed E-state index contributed by atoms with van der Waals surface area (Å²) in [6.45, 7) is 16.4. The van der Waals surface area contributed by atoms with Crippen LogP contribution in [0.2, 0.25) is 0 Å². The van der Waals surface area contributed by atoms with Crippen molar-refractivity contribution in [2.45, 2.75) is 72.3 Å². The maximum Gasteiger partial charge on any atom is 0.00532 e. The van der Waals surface area contributed by atoms with E-state index >= 15 is 0 Å². The fourth-order valence-electron chi connectivity index (χ4n) is 5.14. The molecule has 2 aliphatic heterocycles. The predicted molar refractivity (Wildman–Crippen MR) is 95.1 cm³/mol. The average Bonchev–Trinajstić information content (AvgIpc) is 2.46. The van der Waals surface area contributed by atoms with Gasteiger partial charge in [0, 0.05) is 25.7 Å². The predicted octanol–water partition coefficient (Wildman–Crippen LogP) is 4.26. The van der Waals surface area contributed by atoms with E-state index in [1.807, 2.05) is 0 Å². The summed E-state index contributed by atoms with van der Waals surface area (Å²) in [4.78, 5) is 5.44. The molecule has 2 saturated heterocycles. The Morgan fingerprint density at radius 3 is 2.00 bits per heavy atom. The zero-order chi connectivity index (χ0) is 15.7. The summed E-state index contributed by atoms with van der Waals surface area (Å²) >= 11 is 0. The molecule has 1 saturated carbocycles. The minimum absolute atomic E-state index is 0.728. The summed E-state index contributed by atoms with van der Waals surface area (Å²) in [5.41, 5.74) is 0.728. The van der Waals surface area contributed by atoms with Crippen LogP contribution in [0.15, 0.2) is 0 Å². The minimum atomic E-state index is 0.728. The summed E-state index contributed by atoms with van der Waals surface area (Å²) in [6, 6.07) is 0.755. The number of nitrogens with zero attached hydrogens (tertiary/aromatic N) is 2. The fraction of sp³-hybridized carbons (Fsp3) is 1.00. The smallest absolute Gasteiger partial charge is 0.00532 e. The molecule has 0 radical (unpaired) electrons. The molecule has 22 heavy (non-hydrogen) atoms. The van der Waals surface area contributed by atoms with Gasteiger partial charge < -0.3 is 4.90 Å². The van der Waals surface area contributed by atoms with E-state index in [4.69, 9.17) is 0 Å². The fourth-order valence-corrected chi connectivity index (χ4v) is 5.14. The van der Waals surface area contributed by atoms with Crippen LogP contribution in [0.25, 0.3) is 0 Å². The van der Waals surface area contributed by atoms with Crippen LogP contribution in [0.5, 0.6) is 0 Å². The van der Waals surface area contributed by atoms with Gasteiger partial charge in [0.15, 0.2) is 0 Å². The molecule has 0 N–H and O–H groups in total. The lowest BCUT2D eigenvalue weighted by Crippen LogP contribution is -2.59. The number of likely N-dealkylation sites (tertiary alicyclic amines) is 2. The summed E-state index contributed by atoms with van der Waals surface area (Å²) in [6.07, 6.45) is 8.88. The van der Waals surface area contributed by atoms with Gasteiger partial charge in [-0.1, -0.05) is 13.8 Å². The second-order valence-corrected chi connectivity index (χ2v) is 9.32. The van der Waals surface area contributed by atoms with Crippen LogP contribution in [-0.4, -0.2) is 48.6 Å². The summed E-state index contributed by atoms with van der Waals surface area (Å²) in [5, 5.41) is 0. The van der Waals surface area contributed by atoms with E-state index in [2.05, 4.69) is 37.5 Å². The van der Waals surface area contributed by atoms with Crippen LogP contribution >= 0.6 is 0 Å². The Bertz CT molecular complexity index is 339. The van der Waals surface area contributed by atoms with Crippen LogP contribution in [0.1, 0.15) is 66.2 Å². The molecule has 1 aliphatic carbocycles. The van der Waals surface area contributed by atoms with Crippen molar-refractivity contribution in [1.29, 1.82) is 0 Å². The van der Waals surface area contributed by atoms with Crippen LogP contribution in [-0.2, 0) is 0 Å². The van der Waals surface area contributed by atoms with E-state index in [-0.39, 0.29) is 0 Å². The second-order valence-electron chi connectivity index (χ2n) is 9.32. The van der Waals surface area contributed by atoms with E-state index in [1.54, 1.807) is 0 Å². The molecule has 0 bridgehead atoms. The van der Waals surface area contributed by atoms with Crippen LogP contribution < -0.4 is 0 Å². The molecule has 2 heteroatoms. The molecule has 2 heterocycles. The lowest BCUT2D eigenvalue weighted by Gasteiger charge is -2.55. The normalized spacial score (nSPS) is 28.6. The zero-order valence-corrected chi connectivity index (χ0v) is 15.5. The number of hydrogen-bond acceptors (Lipinski definition) is 2. The Morgan fingerprint density at radius 2 is 1.50 bits per heavy atom. The number of hydrogen-bond donors (Lipinski definition) is 0. The van der Waals surface area contributed by atoms with Crippen molar-refractivity contribution in [1.82, 2.24) is 9.80 Å². The van der Waals surface area contributed by atoms with Crippen molar-refractivity contribution >= 4 is 0 Å². The van der Waals surface area contributed by atoms with Crippen molar-refractivity contribution in [3.05, 3.63) is 0 Å². The Labute approximate surface area is 138 Å². The highest BCUT2D eigenvalue weighted by Crippen LogP contribution is 2.46. The molecule has 0 amide bonds. The quantitative estimate of drug-likeness (QED) is 0.766. The molecule has 1 spiro atoms. The standard InChI is InChI=1S/C20H38N2/c1-16(2)19-7-11-21(12-8-19)13-18-5-9-20(10-6-18)14-22(15-20)17(3)4/h16-19H,5-15H2,1-4H3. The Morgan fingerprint density at radius 1 is 0.909 bits per heavy atom. The maximum atomic E-state index is 2.78. The van der Waals surface area contributed by atoms with Gasteiger partial charge in [-0.2, -0.15) is 0 Å². The van der Waals surface area contributed by atoms with Gasteiger partial charge in [-0.25, -0.2) is 0 Å². The average molecular weight is 307 g/mol. The highest BCUT2D eigenvalue weighted by Gasteiger charge is 2.45. The van der Waals surface area contributed by atoms with E-state index < -0.39 is 0 Å². The summed E-state index contributed by atoms with van der Waals surface area (Å²) in [5.74, 6) is 2.87. The van der Waals surface area contributed by atoms with E-state index in [1.165, 1.54) is 71.2 Å². The van der Waals surface area contributed by atoms with Gasteiger partial charge in [0.1, 0.15) is 0 Å². The van der Waals surface area contributed by atoms with Crippen LogP contribution in [0.4, 0.5) is 0 Å².